The first kappa shape index (κ1) is 20.3. The molecule has 0 fully saturated rings. The number of hydrogen-bond donors (Lipinski definition) is 1. The van der Waals surface area contributed by atoms with Crippen LogP contribution < -0.4 is 5.32 Å². The van der Waals surface area contributed by atoms with Gasteiger partial charge in [0, 0.05) is 32.1 Å². The number of hydrogen-bond acceptors (Lipinski definition) is 3. The van der Waals surface area contributed by atoms with Crippen molar-refractivity contribution in [1.29, 1.82) is 0 Å². The molecule has 0 saturated carbocycles. The zero-order valence-electron chi connectivity index (χ0n) is 16.4. The lowest BCUT2D eigenvalue weighted by Crippen LogP contribution is -2.38. The normalized spacial score (nSPS) is 11.9. The summed E-state index contributed by atoms with van der Waals surface area (Å²) in [5, 5.41) is 4.19. The maximum atomic E-state index is 5.78. The zero-order valence-corrected chi connectivity index (χ0v) is 17.2. The predicted molar refractivity (Wildman–Crippen MR) is 113 cm³/mol. The molecule has 1 heterocycles. The summed E-state index contributed by atoms with van der Waals surface area (Å²) in [4.78, 5) is 6.69. The second kappa shape index (κ2) is 9.64. The first-order valence-corrected chi connectivity index (χ1v) is 9.40. The maximum Gasteiger partial charge on any atom is 0.173 e. The van der Waals surface area contributed by atoms with Crippen molar-refractivity contribution in [1.82, 2.24) is 9.88 Å². The number of ether oxygens (including phenoxy) is 1. The van der Waals surface area contributed by atoms with E-state index in [4.69, 9.17) is 17.0 Å². The minimum absolute atomic E-state index is 0.0825. The molecule has 5 heteroatoms. The topological polar surface area (TPSA) is 37.4 Å². The highest BCUT2D eigenvalue weighted by atomic mass is 32.1. The summed E-state index contributed by atoms with van der Waals surface area (Å²) in [7, 11) is 1.72. The number of nitrogens with zero attached hydrogens (tertiary/aromatic N) is 2. The number of aromatic nitrogens is 1. The van der Waals surface area contributed by atoms with Gasteiger partial charge in [0.2, 0.25) is 0 Å². The smallest absolute Gasteiger partial charge is 0.173 e. The van der Waals surface area contributed by atoms with E-state index in [0.717, 1.165) is 24.3 Å². The number of benzene rings is 1. The Balaban J connectivity index is 2.23. The molecule has 26 heavy (non-hydrogen) atoms. The Kier molecular flexibility index (Phi) is 7.54. The van der Waals surface area contributed by atoms with Gasteiger partial charge in [0.25, 0.3) is 0 Å². The summed E-state index contributed by atoms with van der Waals surface area (Å²) in [6, 6.07) is 10.4. The molecular formula is C21H29N3OS. The molecule has 1 aromatic carbocycles. The number of nitrogens with one attached hydrogen (secondary N) is 1. The van der Waals surface area contributed by atoms with Gasteiger partial charge in [-0.25, -0.2) is 0 Å². The fourth-order valence-corrected chi connectivity index (χ4v) is 3.54. The molecule has 0 aliphatic heterocycles. The van der Waals surface area contributed by atoms with Crippen LogP contribution in [0, 0.1) is 20.8 Å². The molecule has 2 rings (SSSR count). The third kappa shape index (κ3) is 5.26. The van der Waals surface area contributed by atoms with E-state index >= 15 is 0 Å². The fourth-order valence-electron chi connectivity index (χ4n) is 3.19. The average Bonchev–Trinajstić information content (AvgIpc) is 2.62. The lowest BCUT2D eigenvalue weighted by Gasteiger charge is -2.32. The Morgan fingerprint density at radius 3 is 2.50 bits per heavy atom. The van der Waals surface area contributed by atoms with Crippen LogP contribution in [0.3, 0.4) is 0 Å². The Morgan fingerprint density at radius 2 is 1.92 bits per heavy atom. The summed E-state index contributed by atoms with van der Waals surface area (Å²) in [5.74, 6) is 0. The largest absolute Gasteiger partial charge is 0.385 e. The molecule has 0 spiro atoms. The van der Waals surface area contributed by atoms with Gasteiger partial charge in [0.05, 0.1) is 11.7 Å². The Bertz CT molecular complexity index is 710. The first-order valence-electron chi connectivity index (χ1n) is 8.99. The summed E-state index contributed by atoms with van der Waals surface area (Å²) >= 11 is 5.78. The van der Waals surface area contributed by atoms with Crippen LogP contribution in [0.25, 0.3) is 0 Å². The van der Waals surface area contributed by atoms with Crippen LogP contribution in [-0.2, 0) is 4.74 Å². The highest BCUT2D eigenvalue weighted by Gasteiger charge is 2.20. The maximum absolute atomic E-state index is 5.78. The van der Waals surface area contributed by atoms with Crippen LogP contribution in [0.5, 0.6) is 0 Å². The van der Waals surface area contributed by atoms with Gasteiger partial charge in [0.15, 0.2) is 5.11 Å². The Hall–Kier alpha value is -1.98. The first-order chi connectivity index (χ1) is 12.4. The van der Waals surface area contributed by atoms with E-state index in [9.17, 15) is 0 Å². The summed E-state index contributed by atoms with van der Waals surface area (Å²) in [6.45, 7) is 9.99. The van der Waals surface area contributed by atoms with Crippen molar-refractivity contribution in [3.63, 3.8) is 0 Å². The molecule has 0 amide bonds. The third-order valence-corrected chi connectivity index (χ3v) is 4.84. The minimum Gasteiger partial charge on any atom is -0.385 e. The van der Waals surface area contributed by atoms with Crippen LogP contribution >= 0.6 is 12.2 Å². The Labute approximate surface area is 162 Å². The average molecular weight is 372 g/mol. The number of anilines is 1. The number of pyridine rings is 1. The molecule has 1 atom stereocenters. The summed E-state index contributed by atoms with van der Waals surface area (Å²) in [6.07, 6.45) is 2.73. The molecule has 0 radical (unpaired) electrons. The van der Waals surface area contributed by atoms with E-state index in [-0.39, 0.29) is 6.04 Å². The van der Waals surface area contributed by atoms with Gasteiger partial charge in [0.1, 0.15) is 0 Å². The van der Waals surface area contributed by atoms with E-state index < -0.39 is 0 Å². The van der Waals surface area contributed by atoms with Gasteiger partial charge < -0.3 is 15.0 Å². The molecule has 4 nitrogen and oxygen atoms in total. The van der Waals surface area contributed by atoms with Crippen LogP contribution in [0.4, 0.5) is 5.69 Å². The van der Waals surface area contributed by atoms with Crippen molar-refractivity contribution in [2.45, 2.75) is 40.2 Å². The van der Waals surface area contributed by atoms with Gasteiger partial charge >= 0.3 is 0 Å². The van der Waals surface area contributed by atoms with Crippen molar-refractivity contribution in [2.24, 2.45) is 0 Å². The van der Waals surface area contributed by atoms with E-state index in [1.54, 1.807) is 7.11 Å². The van der Waals surface area contributed by atoms with E-state index in [0.29, 0.717) is 11.7 Å². The van der Waals surface area contributed by atoms with Crippen molar-refractivity contribution >= 4 is 23.0 Å². The van der Waals surface area contributed by atoms with Gasteiger partial charge in [-0.1, -0.05) is 23.8 Å². The van der Waals surface area contributed by atoms with Crippen LogP contribution in [0.2, 0.25) is 0 Å². The molecule has 0 aliphatic carbocycles. The quantitative estimate of drug-likeness (QED) is 0.559. The zero-order chi connectivity index (χ0) is 19.1. The number of aryl methyl sites for hydroxylation is 3. The van der Waals surface area contributed by atoms with Gasteiger partial charge in [-0.2, -0.15) is 0 Å². The van der Waals surface area contributed by atoms with Crippen LogP contribution in [0.15, 0.2) is 36.5 Å². The van der Waals surface area contributed by atoms with Gasteiger partial charge in [-0.05, 0) is 69.6 Å². The van der Waals surface area contributed by atoms with Crippen molar-refractivity contribution in [3.8, 4) is 0 Å². The standard InChI is InChI=1S/C21H29N3OS/c1-15-13-16(2)20(17(3)14-15)23-21(26)24(11-8-12-25-5)18(4)19-9-6-7-10-22-19/h6-7,9-10,13-14,18H,8,11-12H2,1-5H3,(H,23,26)/t18-/m0/s1. The van der Waals surface area contributed by atoms with E-state index in [1.807, 2.05) is 24.4 Å². The van der Waals surface area contributed by atoms with Crippen LogP contribution in [-0.4, -0.2) is 35.3 Å². The molecule has 140 valence electrons. The lowest BCUT2D eigenvalue weighted by atomic mass is 10.1. The number of rotatable bonds is 7. The monoisotopic (exact) mass is 371 g/mol. The Morgan fingerprint density at radius 1 is 1.23 bits per heavy atom. The summed E-state index contributed by atoms with van der Waals surface area (Å²) in [5.41, 5.74) is 5.76. The van der Waals surface area contributed by atoms with E-state index in [1.165, 1.54) is 16.7 Å². The predicted octanol–water partition coefficient (Wildman–Crippen LogP) is 4.80. The SMILES string of the molecule is COCCCN(C(=S)Nc1c(C)cc(C)cc1C)[C@@H](C)c1ccccn1. The highest BCUT2D eigenvalue weighted by molar-refractivity contribution is 7.80. The van der Waals surface area contributed by atoms with E-state index in [2.05, 4.69) is 55.0 Å². The second-order valence-corrected chi connectivity index (χ2v) is 7.06. The highest BCUT2D eigenvalue weighted by Crippen LogP contribution is 2.25. The molecule has 0 saturated heterocycles. The summed E-state index contributed by atoms with van der Waals surface area (Å²) < 4.78 is 5.22. The minimum atomic E-state index is 0.0825. The lowest BCUT2D eigenvalue weighted by molar-refractivity contribution is 0.181. The van der Waals surface area contributed by atoms with Gasteiger partial charge in [-0.15, -0.1) is 0 Å². The molecule has 0 aliphatic rings. The molecule has 0 bridgehead atoms. The molecule has 1 N–H and O–H groups in total. The fraction of sp³-hybridized carbons (Fsp3) is 0.429. The molecule has 2 aromatic rings. The second-order valence-electron chi connectivity index (χ2n) is 6.67. The van der Waals surface area contributed by atoms with Gasteiger partial charge in [-0.3, -0.25) is 4.98 Å². The van der Waals surface area contributed by atoms with Crippen molar-refractivity contribution < 1.29 is 4.74 Å². The van der Waals surface area contributed by atoms with Crippen LogP contribution in [0.1, 0.15) is 41.8 Å². The molecule has 0 unspecified atom stereocenters. The molecular weight excluding hydrogens is 342 g/mol. The van der Waals surface area contributed by atoms with Crippen molar-refractivity contribution in [3.05, 3.63) is 58.9 Å². The third-order valence-electron chi connectivity index (χ3n) is 4.50. The number of thiocarbonyl (C=S) groups is 1. The molecule has 1 aromatic heterocycles. The van der Waals surface area contributed by atoms with Crippen molar-refractivity contribution in [2.75, 3.05) is 25.6 Å². The number of methoxy groups -OCH3 is 1.